The van der Waals surface area contributed by atoms with Crippen molar-refractivity contribution >= 4 is 0 Å². The lowest BCUT2D eigenvalue weighted by Gasteiger charge is -2.11. The van der Waals surface area contributed by atoms with Crippen molar-refractivity contribution < 1.29 is 0 Å². The summed E-state index contributed by atoms with van der Waals surface area (Å²) in [6.45, 7) is 2.42. The minimum absolute atomic E-state index is 0.635. The molecule has 2 fully saturated rings. The summed E-state index contributed by atoms with van der Waals surface area (Å²) in [5.41, 5.74) is 0. The average Bonchev–Trinajstić information content (AvgIpc) is 2.50. The van der Waals surface area contributed by atoms with Crippen LogP contribution in [0.5, 0.6) is 0 Å². The Morgan fingerprint density at radius 1 is 1.23 bits per heavy atom. The Bertz CT molecular complexity index is 321. The normalized spacial score (nSPS) is 37.8. The molecule has 3 rings (SSSR count). The predicted molar refractivity (Wildman–Crippen MR) is 46.0 cm³/mol. The Labute approximate surface area is 76.7 Å². The van der Waals surface area contributed by atoms with Gasteiger partial charge in [0.05, 0.1) is 0 Å². The number of likely N-dealkylation sites (tertiary alicyclic amines) is 1. The Morgan fingerprint density at radius 3 is 2.46 bits per heavy atom. The van der Waals surface area contributed by atoms with Crippen LogP contribution >= 0.6 is 0 Å². The smallest absolute Gasteiger partial charge is 0.154 e. The van der Waals surface area contributed by atoms with Crippen molar-refractivity contribution in [2.45, 2.75) is 5.92 Å². The molecule has 70 valence electrons. The van der Waals surface area contributed by atoms with Crippen LogP contribution in [0.25, 0.3) is 0 Å². The van der Waals surface area contributed by atoms with Gasteiger partial charge in [-0.15, -0.1) is 5.10 Å². The molecule has 1 saturated heterocycles. The molecule has 2 heterocycles. The van der Waals surface area contributed by atoms with Gasteiger partial charge in [-0.2, -0.15) is 0 Å². The van der Waals surface area contributed by atoms with Crippen LogP contribution in [0.2, 0.25) is 0 Å². The van der Waals surface area contributed by atoms with Gasteiger partial charge in [0.25, 0.3) is 0 Å². The molecule has 0 bridgehead atoms. The first-order chi connectivity index (χ1) is 6.27. The van der Waals surface area contributed by atoms with Crippen LogP contribution in [-0.2, 0) is 7.05 Å². The first-order valence-corrected chi connectivity index (χ1v) is 4.68. The van der Waals surface area contributed by atoms with Gasteiger partial charge in [-0.1, -0.05) is 0 Å². The highest BCUT2D eigenvalue weighted by Crippen LogP contribution is 2.56. The molecule has 1 aromatic heterocycles. The first-order valence-electron chi connectivity index (χ1n) is 4.68. The van der Waals surface area contributed by atoms with Crippen LogP contribution in [-0.4, -0.2) is 45.2 Å². The molecule has 1 unspecified atom stereocenters. The third-order valence-corrected chi connectivity index (χ3v) is 3.33. The summed E-state index contributed by atoms with van der Waals surface area (Å²) in [6, 6.07) is 0. The second-order valence-electron chi connectivity index (χ2n) is 4.24. The molecule has 1 saturated carbocycles. The van der Waals surface area contributed by atoms with Gasteiger partial charge >= 0.3 is 0 Å². The van der Waals surface area contributed by atoms with E-state index < -0.39 is 0 Å². The van der Waals surface area contributed by atoms with E-state index in [1.165, 1.54) is 13.1 Å². The number of hydrogen-bond donors (Lipinski definition) is 0. The number of aryl methyl sites for hydroxylation is 1. The summed E-state index contributed by atoms with van der Waals surface area (Å²) < 4.78 is 1.81. The monoisotopic (exact) mass is 179 g/mol. The topological polar surface area (TPSA) is 46.8 Å². The number of piperidine rings is 1. The molecule has 0 N–H and O–H groups in total. The maximum atomic E-state index is 4.07. The predicted octanol–water partition coefficient (Wildman–Crippen LogP) is -0.515. The van der Waals surface area contributed by atoms with Crippen molar-refractivity contribution in [2.75, 3.05) is 20.1 Å². The van der Waals surface area contributed by atoms with E-state index in [2.05, 4.69) is 27.5 Å². The van der Waals surface area contributed by atoms with Crippen LogP contribution in [0.3, 0.4) is 0 Å². The molecule has 1 aromatic rings. The molecular formula is C8H13N5. The minimum Gasteiger partial charge on any atom is -0.306 e. The Kier molecular flexibility index (Phi) is 1.31. The number of rotatable bonds is 1. The van der Waals surface area contributed by atoms with Gasteiger partial charge in [0.1, 0.15) is 0 Å². The molecule has 5 heteroatoms. The number of fused-ring (bicyclic) bond motifs is 1. The van der Waals surface area contributed by atoms with Crippen LogP contribution in [0.4, 0.5) is 0 Å². The summed E-state index contributed by atoms with van der Waals surface area (Å²) in [7, 11) is 4.10. The SMILES string of the molecule is CN1CC2[C@@H](C1)[C@@H]2c1nnnn1C. The summed E-state index contributed by atoms with van der Waals surface area (Å²) >= 11 is 0. The van der Waals surface area contributed by atoms with Crippen LogP contribution < -0.4 is 0 Å². The van der Waals surface area contributed by atoms with Crippen LogP contribution in [0, 0.1) is 11.8 Å². The summed E-state index contributed by atoms with van der Waals surface area (Å²) in [4.78, 5) is 2.38. The van der Waals surface area contributed by atoms with Gasteiger partial charge in [0.2, 0.25) is 0 Å². The molecule has 0 spiro atoms. The molecular weight excluding hydrogens is 166 g/mol. The third kappa shape index (κ3) is 0.934. The van der Waals surface area contributed by atoms with Gasteiger partial charge in [-0.05, 0) is 29.3 Å². The third-order valence-electron chi connectivity index (χ3n) is 3.33. The molecule has 0 aromatic carbocycles. The van der Waals surface area contributed by atoms with E-state index in [4.69, 9.17) is 0 Å². The van der Waals surface area contributed by atoms with Gasteiger partial charge in [0, 0.05) is 26.1 Å². The van der Waals surface area contributed by atoms with Crippen molar-refractivity contribution in [1.82, 2.24) is 25.1 Å². The zero-order chi connectivity index (χ0) is 9.00. The molecule has 1 aliphatic heterocycles. The number of nitrogens with zero attached hydrogens (tertiary/aromatic N) is 5. The van der Waals surface area contributed by atoms with Gasteiger partial charge in [-0.25, -0.2) is 4.68 Å². The quantitative estimate of drug-likeness (QED) is 0.582. The van der Waals surface area contributed by atoms with Gasteiger partial charge in [-0.3, -0.25) is 0 Å². The standard InChI is InChI=1S/C8H13N5/c1-12-3-5-6(4-12)7(5)8-9-10-11-13(8)2/h5-7H,3-4H2,1-2H3/t5-,6?,7+/m1/s1. The zero-order valence-corrected chi connectivity index (χ0v) is 7.88. The number of aromatic nitrogens is 4. The number of tetrazole rings is 1. The van der Waals surface area contributed by atoms with Crippen molar-refractivity contribution in [2.24, 2.45) is 18.9 Å². The van der Waals surface area contributed by atoms with E-state index in [1.54, 1.807) is 0 Å². The molecule has 2 aliphatic rings. The van der Waals surface area contributed by atoms with Crippen LogP contribution in [0.1, 0.15) is 11.7 Å². The van der Waals surface area contributed by atoms with E-state index in [0.717, 1.165) is 17.7 Å². The second-order valence-corrected chi connectivity index (χ2v) is 4.24. The lowest BCUT2D eigenvalue weighted by atomic mass is 10.2. The largest absolute Gasteiger partial charge is 0.306 e. The first kappa shape index (κ1) is 7.44. The fourth-order valence-corrected chi connectivity index (χ4v) is 2.64. The lowest BCUT2D eigenvalue weighted by Crippen LogP contribution is -2.19. The van der Waals surface area contributed by atoms with Crippen molar-refractivity contribution in [3.05, 3.63) is 5.82 Å². The minimum atomic E-state index is 0.635. The fraction of sp³-hybridized carbons (Fsp3) is 0.875. The molecule has 3 atom stereocenters. The summed E-state index contributed by atoms with van der Waals surface area (Å²) in [5.74, 6) is 3.34. The fourth-order valence-electron chi connectivity index (χ4n) is 2.64. The highest BCUT2D eigenvalue weighted by atomic mass is 15.5. The van der Waals surface area contributed by atoms with Crippen molar-refractivity contribution in [3.63, 3.8) is 0 Å². The number of hydrogen-bond acceptors (Lipinski definition) is 4. The van der Waals surface area contributed by atoms with Crippen molar-refractivity contribution in [3.8, 4) is 0 Å². The zero-order valence-electron chi connectivity index (χ0n) is 7.88. The average molecular weight is 179 g/mol. The van der Waals surface area contributed by atoms with Crippen LogP contribution in [0.15, 0.2) is 0 Å². The van der Waals surface area contributed by atoms with E-state index in [-0.39, 0.29) is 0 Å². The maximum absolute atomic E-state index is 4.07. The summed E-state index contributed by atoms with van der Waals surface area (Å²) in [5, 5.41) is 11.6. The van der Waals surface area contributed by atoms with Crippen molar-refractivity contribution in [1.29, 1.82) is 0 Å². The molecule has 0 radical (unpaired) electrons. The Hall–Kier alpha value is -0.970. The Balaban J connectivity index is 1.82. The molecule has 13 heavy (non-hydrogen) atoms. The van der Waals surface area contributed by atoms with E-state index in [1.807, 2.05) is 11.7 Å². The Morgan fingerprint density at radius 2 is 1.92 bits per heavy atom. The molecule has 0 amide bonds. The molecule has 1 aliphatic carbocycles. The highest BCUT2D eigenvalue weighted by molar-refractivity contribution is 5.18. The second kappa shape index (κ2) is 2.29. The molecule has 5 nitrogen and oxygen atoms in total. The van der Waals surface area contributed by atoms with E-state index in [0.29, 0.717) is 5.92 Å². The van der Waals surface area contributed by atoms with Gasteiger partial charge in [0.15, 0.2) is 5.82 Å². The van der Waals surface area contributed by atoms with E-state index in [9.17, 15) is 0 Å². The van der Waals surface area contributed by atoms with E-state index >= 15 is 0 Å². The highest BCUT2D eigenvalue weighted by Gasteiger charge is 2.57. The summed E-state index contributed by atoms with van der Waals surface area (Å²) in [6.07, 6.45) is 0. The van der Waals surface area contributed by atoms with Gasteiger partial charge < -0.3 is 4.90 Å². The lowest BCUT2D eigenvalue weighted by molar-refractivity contribution is 0.358. The maximum Gasteiger partial charge on any atom is 0.154 e.